The summed E-state index contributed by atoms with van der Waals surface area (Å²) >= 11 is 3.17. The number of pyridine rings is 1. The first-order chi connectivity index (χ1) is 14.4. The number of carbonyl (C=O) groups is 1. The summed E-state index contributed by atoms with van der Waals surface area (Å²) in [5.74, 6) is -1.44. The maximum Gasteiger partial charge on any atom is 0.387 e. The molecule has 0 aliphatic heterocycles. The minimum Gasteiger partial charge on any atom is -0.467 e. The fourth-order valence-corrected chi connectivity index (χ4v) is 4.04. The van der Waals surface area contributed by atoms with E-state index < -0.39 is 30.4 Å². The Kier molecular flexibility index (Phi) is 5.70. The summed E-state index contributed by atoms with van der Waals surface area (Å²) in [5, 5.41) is 0. The quantitative estimate of drug-likeness (QED) is 0.478. The molecule has 2 aromatic heterocycles. The van der Waals surface area contributed by atoms with Crippen molar-refractivity contribution in [3.05, 3.63) is 63.8 Å². The molecule has 0 bridgehead atoms. The van der Waals surface area contributed by atoms with Gasteiger partial charge in [0, 0.05) is 23.7 Å². The van der Waals surface area contributed by atoms with Crippen LogP contribution in [0.5, 0.6) is 5.75 Å². The third-order valence-electron chi connectivity index (χ3n) is 4.96. The van der Waals surface area contributed by atoms with E-state index >= 15 is 0 Å². The molecule has 1 aromatic carbocycles. The van der Waals surface area contributed by atoms with Gasteiger partial charge >= 0.3 is 12.6 Å². The highest BCUT2D eigenvalue weighted by Gasteiger charge is 2.39. The number of aromatic nitrogens is 2. The molecule has 0 amide bonds. The monoisotopic (exact) mass is 484 g/mol. The molecule has 0 saturated heterocycles. The molecule has 0 fully saturated rings. The highest BCUT2D eigenvalue weighted by molar-refractivity contribution is 9.10. The number of benzene rings is 1. The van der Waals surface area contributed by atoms with E-state index in [1.807, 2.05) is 0 Å². The van der Waals surface area contributed by atoms with Crippen molar-refractivity contribution in [3.8, 4) is 5.75 Å². The first kappa shape index (κ1) is 20.7. The number of rotatable bonds is 6. The molecule has 30 heavy (non-hydrogen) atoms. The number of halogens is 4. The molecule has 4 rings (SSSR count). The summed E-state index contributed by atoms with van der Waals surface area (Å²) in [5.41, 5.74) is 2.02. The van der Waals surface area contributed by atoms with Crippen LogP contribution in [0.3, 0.4) is 0 Å². The average Bonchev–Trinajstić information content (AvgIpc) is 3.24. The first-order valence-corrected chi connectivity index (χ1v) is 9.77. The van der Waals surface area contributed by atoms with Crippen LogP contribution in [0.25, 0.3) is 5.65 Å². The molecule has 10 heteroatoms. The molecule has 6 nitrogen and oxygen atoms in total. The van der Waals surface area contributed by atoms with Crippen LogP contribution in [0, 0.1) is 5.82 Å². The van der Waals surface area contributed by atoms with Gasteiger partial charge in [0.15, 0.2) is 0 Å². The van der Waals surface area contributed by atoms with E-state index in [0.717, 1.165) is 0 Å². The maximum atomic E-state index is 14.0. The normalized spacial score (nSPS) is 18.1. The second-order valence-electron chi connectivity index (χ2n) is 6.66. The zero-order valence-corrected chi connectivity index (χ0v) is 17.2. The third-order valence-corrected chi connectivity index (χ3v) is 5.54. The Morgan fingerprint density at radius 1 is 1.37 bits per heavy atom. The largest absolute Gasteiger partial charge is 0.467 e. The Bertz CT molecular complexity index is 1110. The Labute approximate surface area is 177 Å². The van der Waals surface area contributed by atoms with Gasteiger partial charge in [0.1, 0.15) is 29.9 Å². The minimum absolute atomic E-state index is 0.0354. The van der Waals surface area contributed by atoms with E-state index in [4.69, 9.17) is 9.47 Å². The summed E-state index contributed by atoms with van der Waals surface area (Å²) < 4.78 is 56.8. The van der Waals surface area contributed by atoms with Gasteiger partial charge in [-0.3, -0.25) is 0 Å². The number of alkyl halides is 2. The van der Waals surface area contributed by atoms with Gasteiger partial charge in [-0.2, -0.15) is 8.78 Å². The molecule has 0 saturated carbocycles. The fraction of sp³-hybridized carbons (Fsp3) is 0.300. The molecule has 2 atom stereocenters. The van der Waals surface area contributed by atoms with Gasteiger partial charge in [-0.1, -0.05) is 18.2 Å². The Hall–Kier alpha value is -2.59. The molecule has 1 aliphatic rings. The highest BCUT2D eigenvalue weighted by atomic mass is 79.9. The van der Waals surface area contributed by atoms with Crippen LogP contribution < -0.4 is 4.74 Å². The lowest BCUT2D eigenvalue weighted by atomic mass is 9.95. The van der Waals surface area contributed by atoms with Gasteiger partial charge < -0.3 is 18.6 Å². The second kappa shape index (κ2) is 8.27. The van der Waals surface area contributed by atoms with Crippen LogP contribution in [0.1, 0.15) is 35.4 Å². The molecule has 2 heterocycles. The molecule has 0 unspecified atom stereocenters. The molecule has 0 spiro atoms. The van der Waals surface area contributed by atoms with Crippen LogP contribution in [-0.4, -0.2) is 35.7 Å². The Morgan fingerprint density at radius 2 is 2.13 bits per heavy atom. The van der Waals surface area contributed by atoms with E-state index in [1.165, 1.54) is 25.4 Å². The van der Waals surface area contributed by atoms with Crippen molar-refractivity contribution in [2.75, 3.05) is 13.7 Å². The van der Waals surface area contributed by atoms with Crippen molar-refractivity contribution in [2.45, 2.75) is 25.1 Å². The highest BCUT2D eigenvalue weighted by Crippen LogP contribution is 2.48. The van der Waals surface area contributed by atoms with Crippen LogP contribution in [0.2, 0.25) is 0 Å². The number of hydrogen-bond acceptors (Lipinski definition) is 5. The maximum absolute atomic E-state index is 14.0. The van der Waals surface area contributed by atoms with Crippen molar-refractivity contribution < 1.29 is 32.2 Å². The van der Waals surface area contributed by atoms with Crippen LogP contribution >= 0.6 is 15.9 Å². The number of nitrogens with zero attached hydrogens (tertiary/aromatic N) is 2. The Morgan fingerprint density at radius 3 is 2.87 bits per heavy atom. The summed E-state index contributed by atoms with van der Waals surface area (Å²) in [7, 11) is 1.25. The smallest absolute Gasteiger partial charge is 0.387 e. The topological polar surface area (TPSA) is 62.1 Å². The lowest BCUT2D eigenvalue weighted by Crippen LogP contribution is -2.13. The van der Waals surface area contributed by atoms with E-state index in [9.17, 15) is 18.0 Å². The van der Waals surface area contributed by atoms with Crippen molar-refractivity contribution in [1.29, 1.82) is 0 Å². The molecule has 0 N–H and O–H groups in total. The van der Waals surface area contributed by atoms with Gasteiger partial charge in [-0.15, -0.1) is 0 Å². The standard InChI is InChI=1S/C20H16BrF3N2O4/c1-28-17(27)9-29-15-6-11(10-4-2-3-5-14(10)30-20(23)24)19-18(15)25-16-7-13(22)12(21)8-26(16)19/h2-5,7-8,11,15,20H,6,9H2,1H3/t11-,15-/m1/s1. The summed E-state index contributed by atoms with van der Waals surface area (Å²) in [6.45, 7) is -3.28. The van der Waals surface area contributed by atoms with Gasteiger partial charge in [-0.25, -0.2) is 14.2 Å². The van der Waals surface area contributed by atoms with Gasteiger partial charge in [0.25, 0.3) is 0 Å². The SMILES string of the molecule is COC(=O)CO[C@@H]1C[C@H](c2ccccc2OC(F)F)c2c1nc1cc(F)c(Br)cn21. The van der Waals surface area contributed by atoms with Gasteiger partial charge in [0.05, 0.1) is 23.0 Å². The number of imidazole rings is 1. The lowest BCUT2D eigenvalue weighted by Gasteiger charge is -2.18. The van der Waals surface area contributed by atoms with Crippen molar-refractivity contribution >= 4 is 27.5 Å². The number of hydrogen-bond donors (Lipinski definition) is 0. The van der Waals surface area contributed by atoms with Crippen molar-refractivity contribution in [2.24, 2.45) is 0 Å². The number of carbonyl (C=O) groups excluding carboxylic acids is 1. The Balaban J connectivity index is 1.82. The fourth-order valence-electron chi connectivity index (χ4n) is 3.72. The molecule has 0 radical (unpaired) electrons. The zero-order chi connectivity index (χ0) is 21.4. The number of fused-ring (bicyclic) bond motifs is 3. The molecule has 1 aliphatic carbocycles. The summed E-state index contributed by atoms with van der Waals surface area (Å²) in [6, 6.07) is 7.73. The minimum atomic E-state index is -2.98. The number of methoxy groups -OCH3 is 1. The van der Waals surface area contributed by atoms with Crippen LogP contribution in [0.4, 0.5) is 13.2 Å². The van der Waals surface area contributed by atoms with Crippen LogP contribution in [-0.2, 0) is 14.3 Å². The summed E-state index contributed by atoms with van der Waals surface area (Å²) in [4.78, 5) is 16.0. The number of ether oxygens (including phenoxy) is 3. The predicted molar refractivity (Wildman–Crippen MR) is 103 cm³/mol. The van der Waals surface area contributed by atoms with Crippen molar-refractivity contribution in [1.82, 2.24) is 9.38 Å². The van der Waals surface area contributed by atoms with Gasteiger partial charge in [-0.05, 0) is 28.4 Å². The second-order valence-corrected chi connectivity index (χ2v) is 7.51. The third kappa shape index (κ3) is 3.77. The molecule has 158 valence electrons. The molecular weight excluding hydrogens is 469 g/mol. The zero-order valence-electron chi connectivity index (χ0n) is 15.6. The predicted octanol–water partition coefficient (Wildman–Crippen LogP) is 4.60. The van der Waals surface area contributed by atoms with E-state index in [0.29, 0.717) is 29.0 Å². The first-order valence-electron chi connectivity index (χ1n) is 8.98. The van der Waals surface area contributed by atoms with Crippen molar-refractivity contribution in [3.63, 3.8) is 0 Å². The van der Waals surface area contributed by atoms with Crippen LogP contribution in [0.15, 0.2) is 41.0 Å². The summed E-state index contributed by atoms with van der Waals surface area (Å²) in [6.07, 6.45) is 1.27. The van der Waals surface area contributed by atoms with E-state index in [1.54, 1.807) is 22.6 Å². The number of para-hydroxylation sites is 1. The number of esters is 1. The molecule has 3 aromatic rings. The van der Waals surface area contributed by atoms with E-state index in [2.05, 4.69) is 25.7 Å². The van der Waals surface area contributed by atoms with Gasteiger partial charge in [0.2, 0.25) is 0 Å². The van der Waals surface area contributed by atoms with E-state index in [-0.39, 0.29) is 16.8 Å². The molecular formula is C20H16BrF3N2O4. The average molecular weight is 485 g/mol. The lowest BCUT2D eigenvalue weighted by molar-refractivity contribution is -0.148.